The molecule has 0 radical (unpaired) electrons. The van der Waals surface area contributed by atoms with Crippen LogP contribution in [0.4, 0.5) is 0 Å². The van der Waals surface area contributed by atoms with E-state index < -0.39 is 10.0 Å². The third kappa shape index (κ3) is 2.55. The SMILES string of the molecule is NC1(CNS(=O)(=O)c2ccc3c(c2)CCC3)CCC1. The second-order valence-corrected chi connectivity index (χ2v) is 7.59. The van der Waals surface area contributed by atoms with Gasteiger partial charge in [-0.25, -0.2) is 13.1 Å². The number of fused-ring (bicyclic) bond motifs is 1. The van der Waals surface area contributed by atoms with Gasteiger partial charge in [-0.3, -0.25) is 0 Å². The van der Waals surface area contributed by atoms with E-state index in [1.165, 1.54) is 11.1 Å². The van der Waals surface area contributed by atoms with Gasteiger partial charge in [0.1, 0.15) is 0 Å². The summed E-state index contributed by atoms with van der Waals surface area (Å²) in [6.45, 7) is 0.340. The number of nitrogens with one attached hydrogen (secondary N) is 1. The van der Waals surface area contributed by atoms with Crippen LogP contribution in [-0.2, 0) is 22.9 Å². The van der Waals surface area contributed by atoms with Crippen molar-refractivity contribution in [2.75, 3.05) is 6.54 Å². The first-order chi connectivity index (χ1) is 8.99. The highest BCUT2D eigenvalue weighted by molar-refractivity contribution is 7.89. The lowest BCUT2D eigenvalue weighted by molar-refractivity contribution is 0.251. The molecule has 0 atom stereocenters. The molecule has 0 spiro atoms. The van der Waals surface area contributed by atoms with Crippen LogP contribution < -0.4 is 10.5 Å². The molecule has 1 aromatic carbocycles. The fourth-order valence-electron chi connectivity index (χ4n) is 2.85. The predicted molar refractivity (Wildman–Crippen MR) is 74.4 cm³/mol. The fraction of sp³-hybridized carbons (Fsp3) is 0.571. The number of benzene rings is 1. The summed E-state index contributed by atoms with van der Waals surface area (Å²) >= 11 is 0. The predicted octanol–water partition coefficient (Wildman–Crippen LogP) is 1.33. The van der Waals surface area contributed by atoms with Gasteiger partial charge < -0.3 is 5.73 Å². The van der Waals surface area contributed by atoms with Crippen LogP contribution in [0.2, 0.25) is 0 Å². The van der Waals surface area contributed by atoms with E-state index in [2.05, 4.69) is 4.72 Å². The molecule has 2 aliphatic carbocycles. The molecule has 2 aliphatic rings. The molecule has 4 nitrogen and oxygen atoms in total. The monoisotopic (exact) mass is 280 g/mol. The first kappa shape index (κ1) is 13.1. The molecular formula is C14H20N2O2S. The van der Waals surface area contributed by atoms with Crippen molar-refractivity contribution in [1.29, 1.82) is 0 Å². The summed E-state index contributed by atoms with van der Waals surface area (Å²) in [5.74, 6) is 0. The fourth-order valence-corrected chi connectivity index (χ4v) is 4.03. The normalized spacial score (nSPS) is 20.9. The van der Waals surface area contributed by atoms with Gasteiger partial charge in [-0.1, -0.05) is 6.07 Å². The molecule has 0 saturated heterocycles. The first-order valence-electron chi connectivity index (χ1n) is 6.89. The Morgan fingerprint density at radius 2 is 1.89 bits per heavy atom. The van der Waals surface area contributed by atoms with Crippen molar-refractivity contribution in [2.24, 2.45) is 5.73 Å². The Morgan fingerprint density at radius 1 is 1.16 bits per heavy atom. The van der Waals surface area contributed by atoms with Gasteiger partial charge in [0.25, 0.3) is 0 Å². The number of sulfonamides is 1. The number of nitrogens with two attached hydrogens (primary N) is 1. The highest BCUT2D eigenvalue weighted by Gasteiger charge is 2.33. The van der Waals surface area contributed by atoms with Gasteiger partial charge in [-0.05, 0) is 61.8 Å². The molecule has 104 valence electrons. The van der Waals surface area contributed by atoms with E-state index >= 15 is 0 Å². The minimum Gasteiger partial charge on any atom is -0.324 e. The zero-order valence-electron chi connectivity index (χ0n) is 11.0. The topological polar surface area (TPSA) is 72.2 Å². The van der Waals surface area contributed by atoms with Crippen LogP contribution in [0.1, 0.15) is 36.8 Å². The second-order valence-electron chi connectivity index (χ2n) is 5.82. The number of aryl methyl sites for hydroxylation is 2. The number of hydrogen-bond acceptors (Lipinski definition) is 3. The summed E-state index contributed by atoms with van der Waals surface area (Å²) in [5, 5.41) is 0. The summed E-state index contributed by atoms with van der Waals surface area (Å²) in [6.07, 6.45) is 6.07. The second kappa shape index (κ2) is 4.58. The number of hydrogen-bond donors (Lipinski definition) is 2. The van der Waals surface area contributed by atoms with E-state index in [1.54, 1.807) is 6.07 Å². The van der Waals surface area contributed by atoms with Gasteiger partial charge in [-0.2, -0.15) is 0 Å². The van der Waals surface area contributed by atoms with Crippen LogP contribution in [0.5, 0.6) is 0 Å². The van der Waals surface area contributed by atoms with E-state index in [1.807, 2.05) is 12.1 Å². The van der Waals surface area contributed by atoms with Crippen molar-refractivity contribution in [1.82, 2.24) is 4.72 Å². The minimum absolute atomic E-state index is 0.330. The third-order valence-corrected chi connectivity index (χ3v) is 5.74. The lowest BCUT2D eigenvalue weighted by atomic mass is 9.78. The quantitative estimate of drug-likeness (QED) is 0.874. The molecule has 3 rings (SSSR count). The maximum Gasteiger partial charge on any atom is 0.240 e. The Kier molecular flexibility index (Phi) is 3.15. The molecule has 0 aliphatic heterocycles. The number of rotatable bonds is 4. The van der Waals surface area contributed by atoms with Gasteiger partial charge in [0.15, 0.2) is 0 Å². The summed E-state index contributed by atoms with van der Waals surface area (Å²) in [5.41, 5.74) is 8.18. The third-order valence-electron chi connectivity index (χ3n) is 4.34. The molecule has 0 aromatic heterocycles. The van der Waals surface area contributed by atoms with Crippen LogP contribution in [-0.4, -0.2) is 20.5 Å². The molecule has 3 N–H and O–H groups in total. The first-order valence-corrected chi connectivity index (χ1v) is 8.37. The van der Waals surface area contributed by atoms with Crippen molar-refractivity contribution >= 4 is 10.0 Å². The summed E-state index contributed by atoms with van der Waals surface area (Å²) in [6, 6.07) is 5.46. The van der Waals surface area contributed by atoms with E-state index in [0.717, 1.165) is 38.5 Å². The maximum absolute atomic E-state index is 12.3. The van der Waals surface area contributed by atoms with Crippen LogP contribution in [0.3, 0.4) is 0 Å². The molecule has 1 saturated carbocycles. The van der Waals surface area contributed by atoms with Crippen molar-refractivity contribution in [3.63, 3.8) is 0 Å². The summed E-state index contributed by atoms with van der Waals surface area (Å²) in [4.78, 5) is 0.371. The van der Waals surface area contributed by atoms with E-state index in [9.17, 15) is 8.42 Å². The molecule has 0 amide bonds. The van der Waals surface area contributed by atoms with Crippen LogP contribution in [0.25, 0.3) is 0 Å². The van der Waals surface area contributed by atoms with Gasteiger partial charge in [0.2, 0.25) is 10.0 Å². The maximum atomic E-state index is 12.3. The van der Waals surface area contributed by atoms with Crippen molar-refractivity contribution in [3.05, 3.63) is 29.3 Å². The van der Waals surface area contributed by atoms with Crippen molar-refractivity contribution < 1.29 is 8.42 Å². The van der Waals surface area contributed by atoms with Gasteiger partial charge in [0, 0.05) is 12.1 Å². The zero-order valence-corrected chi connectivity index (χ0v) is 11.8. The molecule has 5 heteroatoms. The average Bonchev–Trinajstić information content (AvgIpc) is 2.81. The standard InChI is InChI=1S/C14H20N2O2S/c15-14(7-2-8-14)10-16-19(17,18)13-6-5-11-3-1-4-12(11)9-13/h5-6,9,16H,1-4,7-8,10,15H2. The molecule has 0 bridgehead atoms. The Labute approximate surface area is 114 Å². The van der Waals surface area contributed by atoms with Crippen LogP contribution >= 0.6 is 0 Å². The summed E-state index contributed by atoms with van der Waals surface area (Å²) < 4.78 is 27.2. The van der Waals surface area contributed by atoms with E-state index in [0.29, 0.717) is 11.4 Å². The molecule has 1 aromatic rings. The summed E-state index contributed by atoms with van der Waals surface area (Å²) in [7, 11) is -3.42. The van der Waals surface area contributed by atoms with Gasteiger partial charge in [0.05, 0.1) is 4.90 Å². The molecule has 1 fully saturated rings. The Balaban J connectivity index is 1.76. The molecular weight excluding hydrogens is 260 g/mol. The molecule has 0 unspecified atom stereocenters. The van der Waals surface area contributed by atoms with Crippen LogP contribution in [0, 0.1) is 0 Å². The Morgan fingerprint density at radius 3 is 2.58 bits per heavy atom. The van der Waals surface area contributed by atoms with Gasteiger partial charge >= 0.3 is 0 Å². The largest absolute Gasteiger partial charge is 0.324 e. The average molecular weight is 280 g/mol. The van der Waals surface area contributed by atoms with E-state index in [4.69, 9.17) is 5.73 Å². The zero-order chi connectivity index (χ0) is 13.5. The lowest BCUT2D eigenvalue weighted by Crippen LogP contribution is -2.54. The smallest absolute Gasteiger partial charge is 0.240 e. The Bertz CT molecular complexity index is 591. The molecule has 0 heterocycles. The van der Waals surface area contributed by atoms with Gasteiger partial charge in [-0.15, -0.1) is 0 Å². The van der Waals surface area contributed by atoms with E-state index in [-0.39, 0.29) is 5.54 Å². The lowest BCUT2D eigenvalue weighted by Gasteiger charge is -2.38. The highest BCUT2D eigenvalue weighted by atomic mass is 32.2. The van der Waals surface area contributed by atoms with Crippen LogP contribution in [0.15, 0.2) is 23.1 Å². The highest BCUT2D eigenvalue weighted by Crippen LogP contribution is 2.29. The van der Waals surface area contributed by atoms with Crippen molar-refractivity contribution in [3.8, 4) is 0 Å². The molecule has 19 heavy (non-hydrogen) atoms. The Hall–Kier alpha value is -0.910. The van der Waals surface area contributed by atoms with Crippen molar-refractivity contribution in [2.45, 2.75) is 49.0 Å². The minimum atomic E-state index is -3.42.